The molecule has 1 aromatic rings. The summed E-state index contributed by atoms with van der Waals surface area (Å²) in [5.41, 5.74) is 0. The zero-order chi connectivity index (χ0) is 17.1. The molecule has 1 amide bonds. The van der Waals surface area contributed by atoms with E-state index in [1.807, 2.05) is 4.90 Å². The summed E-state index contributed by atoms with van der Waals surface area (Å²) >= 11 is 0. The maximum Gasteiger partial charge on any atom is 0.224 e. The van der Waals surface area contributed by atoms with E-state index in [9.17, 15) is 9.18 Å². The summed E-state index contributed by atoms with van der Waals surface area (Å²) in [4.78, 5) is 18.7. The van der Waals surface area contributed by atoms with Gasteiger partial charge in [-0.3, -0.25) is 4.79 Å². The molecule has 0 saturated carbocycles. The van der Waals surface area contributed by atoms with Gasteiger partial charge in [-0.05, 0) is 51.3 Å². The average molecular weight is 335 g/mol. The van der Waals surface area contributed by atoms with E-state index in [1.165, 1.54) is 18.6 Å². The molecular formula is C18H26FN3O2. The molecule has 0 bridgehead atoms. The van der Waals surface area contributed by atoms with Gasteiger partial charge in [0.05, 0.1) is 13.1 Å². The molecule has 0 spiro atoms. The number of benzene rings is 1. The van der Waals surface area contributed by atoms with Crippen LogP contribution in [0.1, 0.15) is 12.8 Å². The molecule has 2 fully saturated rings. The van der Waals surface area contributed by atoms with Crippen molar-refractivity contribution < 1.29 is 13.9 Å². The number of halogens is 1. The lowest BCUT2D eigenvalue weighted by atomic mass is 10.1. The Balaban J connectivity index is 1.35. The van der Waals surface area contributed by atoms with Crippen LogP contribution in [0.3, 0.4) is 0 Å². The molecule has 2 aliphatic rings. The lowest BCUT2D eigenvalue weighted by molar-refractivity contribution is -0.140. The van der Waals surface area contributed by atoms with Crippen LogP contribution < -0.4 is 4.74 Å². The second-order valence-corrected chi connectivity index (χ2v) is 6.93. The predicted octanol–water partition coefficient (Wildman–Crippen LogP) is 1.44. The molecule has 0 unspecified atom stereocenters. The number of ether oxygens (including phenoxy) is 1. The predicted molar refractivity (Wildman–Crippen MR) is 90.5 cm³/mol. The SMILES string of the molecule is CN1CC[C@H](N(C)CCC(=O)N2CC(Oc3ccc(F)cc3)C2)C1. The second kappa shape index (κ2) is 7.49. The van der Waals surface area contributed by atoms with Gasteiger partial charge in [-0.2, -0.15) is 0 Å². The normalized spacial score (nSPS) is 22.0. The van der Waals surface area contributed by atoms with Gasteiger partial charge in [0.25, 0.3) is 0 Å². The van der Waals surface area contributed by atoms with Crippen molar-refractivity contribution in [1.29, 1.82) is 0 Å². The largest absolute Gasteiger partial charge is 0.487 e. The Morgan fingerprint density at radius 2 is 2.00 bits per heavy atom. The van der Waals surface area contributed by atoms with E-state index in [0.29, 0.717) is 31.3 Å². The Morgan fingerprint density at radius 1 is 1.29 bits per heavy atom. The van der Waals surface area contributed by atoms with Crippen molar-refractivity contribution in [3.63, 3.8) is 0 Å². The quantitative estimate of drug-likeness (QED) is 0.788. The number of hydrogen-bond donors (Lipinski definition) is 0. The van der Waals surface area contributed by atoms with Crippen molar-refractivity contribution in [3.05, 3.63) is 30.1 Å². The van der Waals surface area contributed by atoms with Crippen molar-refractivity contribution in [2.45, 2.75) is 25.0 Å². The van der Waals surface area contributed by atoms with Crippen LogP contribution in [0.2, 0.25) is 0 Å². The minimum absolute atomic E-state index is 0.0145. The molecule has 0 N–H and O–H groups in total. The number of likely N-dealkylation sites (N-methyl/N-ethyl adjacent to an activating group) is 2. The maximum atomic E-state index is 12.9. The third-order valence-corrected chi connectivity index (χ3v) is 4.99. The van der Waals surface area contributed by atoms with Gasteiger partial charge in [0.15, 0.2) is 0 Å². The van der Waals surface area contributed by atoms with Crippen molar-refractivity contribution >= 4 is 5.91 Å². The van der Waals surface area contributed by atoms with E-state index in [0.717, 1.165) is 19.6 Å². The Bertz CT molecular complexity index is 560. The first kappa shape index (κ1) is 17.2. The maximum absolute atomic E-state index is 12.9. The Kier molecular flexibility index (Phi) is 5.36. The van der Waals surface area contributed by atoms with Crippen LogP contribution in [0, 0.1) is 5.82 Å². The molecule has 5 nitrogen and oxygen atoms in total. The molecule has 1 aromatic carbocycles. The average Bonchev–Trinajstić information content (AvgIpc) is 2.96. The summed E-state index contributed by atoms with van der Waals surface area (Å²) in [6, 6.07) is 6.56. The third-order valence-electron chi connectivity index (χ3n) is 4.99. The number of likely N-dealkylation sites (tertiary alicyclic amines) is 2. The monoisotopic (exact) mass is 335 g/mol. The van der Waals surface area contributed by atoms with Crippen LogP contribution in [0.4, 0.5) is 4.39 Å². The summed E-state index contributed by atoms with van der Waals surface area (Å²) in [6.07, 6.45) is 1.75. The zero-order valence-electron chi connectivity index (χ0n) is 14.4. The topological polar surface area (TPSA) is 36.0 Å². The molecule has 1 atom stereocenters. The fourth-order valence-corrected chi connectivity index (χ4v) is 3.31. The van der Waals surface area contributed by atoms with Gasteiger partial charge in [0.2, 0.25) is 5.91 Å². The van der Waals surface area contributed by atoms with Crippen molar-refractivity contribution in [2.75, 3.05) is 46.8 Å². The Hall–Kier alpha value is -1.66. The summed E-state index contributed by atoms with van der Waals surface area (Å²) in [5, 5.41) is 0. The fraction of sp³-hybridized carbons (Fsp3) is 0.611. The number of hydrogen-bond acceptors (Lipinski definition) is 4. The first-order valence-electron chi connectivity index (χ1n) is 8.60. The lowest BCUT2D eigenvalue weighted by Crippen LogP contribution is -2.56. The first-order valence-corrected chi connectivity index (χ1v) is 8.60. The van der Waals surface area contributed by atoms with Gasteiger partial charge in [0.1, 0.15) is 17.7 Å². The lowest BCUT2D eigenvalue weighted by Gasteiger charge is -2.39. The molecule has 132 valence electrons. The highest BCUT2D eigenvalue weighted by atomic mass is 19.1. The minimum atomic E-state index is -0.273. The molecule has 2 aliphatic heterocycles. The number of amides is 1. The van der Waals surface area contributed by atoms with Gasteiger partial charge in [-0.1, -0.05) is 0 Å². The molecule has 2 saturated heterocycles. The van der Waals surface area contributed by atoms with Crippen molar-refractivity contribution in [2.24, 2.45) is 0 Å². The van der Waals surface area contributed by atoms with Crippen LogP contribution in [0.25, 0.3) is 0 Å². The van der Waals surface area contributed by atoms with E-state index in [-0.39, 0.29) is 17.8 Å². The van der Waals surface area contributed by atoms with Gasteiger partial charge in [-0.25, -0.2) is 4.39 Å². The van der Waals surface area contributed by atoms with Crippen LogP contribution in [0.15, 0.2) is 24.3 Å². The van der Waals surface area contributed by atoms with Crippen molar-refractivity contribution in [1.82, 2.24) is 14.7 Å². The Labute approximate surface area is 143 Å². The van der Waals surface area contributed by atoms with Crippen LogP contribution >= 0.6 is 0 Å². The molecule has 24 heavy (non-hydrogen) atoms. The first-order chi connectivity index (χ1) is 11.5. The van der Waals surface area contributed by atoms with Gasteiger partial charge in [0, 0.05) is 25.6 Å². The Morgan fingerprint density at radius 3 is 2.62 bits per heavy atom. The third kappa shape index (κ3) is 4.24. The van der Waals surface area contributed by atoms with Crippen LogP contribution in [-0.2, 0) is 4.79 Å². The second-order valence-electron chi connectivity index (χ2n) is 6.93. The van der Waals surface area contributed by atoms with Crippen LogP contribution in [-0.4, -0.2) is 79.6 Å². The highest BCUT2D eigenvalue weighted by molar-refractivity contribution is 5.77. The van der Waals surface area contributed by atoms with Crippen LogP contribution in [0.5, 0.6) is 5.75 Å². The van der Waals surface area contributed by atoms with E-state index >= 15 is 0 Å². The summed E-state index contributed by atoms with van der Waals surface area (Å²) < 4.78 is 18.6. The summed E-state index contributed by atoms with van der Waals surface area (Å²) in [5.74, 6) is 0.566. The number of nitrogens with zero attached hydrogens (tertiary/aromatic N) is 3. The van der Waals surface area contributed by atoms with E-state index in [1.54, 1.807) is 12.1 Å². The van der Waals surface area contributed by atoms with E-state index in [2.05, 4.69) is 23.9 Å². The smallest absolute Gasteiger partial charge is 0.224 e. The number of rotatable bonds is 6. The number of carbonyl (C=O) groups excluding carboxylic acids is 1. The molecule has 3 rings (SSSR count). The molecule has 6 heteroatoms. The molecular weight excluding hydrogens is 309 g/mol. The molecule has 2 heterocycles. The molecule has 0 aromatic heterocycles. The minimum Gasteiger partial charge on any atom is -0.487 e. The van der Waals surface area contributed by atoms with E-state index in [4.69, 9.17) is 4.74 Å². The van der Waals surface area contributed by atoms with Gasteiger partial charge >= 0.3 is 0 Å². The zero-order valence-corrected chi connectivity index (χ0v) is 14.4. The highest BCUT2D eigenvalue weighted by Crippen LogP contribution is 2.19. The molecule has 0 radical (unpaired) electrons. The highest BCUT2D eigenvalue weighted by Gasteiger charge is 2.32. The van der Waals surface area contributed by atoms with Gasteiger partial charge in [-0.15, -0.1) is 0 Å². The van der Waals surface area contributed by atoms with E-state index < -0.39 is 0 Å². The van der Waals surface area contributed by atoms with Gasteiger partial charge < -0.3 is 19.4 Å². The standard InChI is InChI=1S/C18H26FN3O2/c1-20-9-7-15(11-20)21(2)10-8-18(23)22-12-17(13-22)24-16-5-3-14(19)4-6-16/h3-6,15,17H,7-13H2,1-2H3/t15-/m0/s1. The van der Waals surface area contributed by atoms with Crippen molar-refractivity contribution in [3.8, 4) is 5.75 Å². The number of carbonyl (C=O) groups is 1. The fourth-order valence-electron chi connectivity index (χ4n) is 3.31. The molecule has 0 aliphatic carbocycles. The summed E-state index contributed by atoms with van der Waals surface area (Å²) in [7, 11) is 4.24. The summed E-state index contributed by atoms with van der Waals surface area (Å²) in [6.45, 7) is 4.26.